The Kier molecular flexibility index (Phi) is 19.9. The van der Waals surface area contributed by atoms with Gasteiger partial charge in [-0.05, 0) is 13.8 Å². The standard InChI is InChI=1S/C6H6.2C2H4O2.I/c1-2-4-6-5-3-1;2*1-2(3)4;/h1-6H;2*1H3,(H,3,4);/q;;;+2/p-2. The molecule has 1 aromatic carbocycles. The lowest BCUT2D eigenvalue weighted by molar-refractivity contribution is -0.303. The maximum atomic E-state index is 8.89. The molecular weight excluding hydrogens is 311 g/mol. The predicted octanol–water partition coefficient (Wildman–Crippen LogP) is -3.80. The number of benzene rings is 1. The molecule has 0 aliphatic carbocycles. The molecule has 4 nitrogen and oxygen atoms in total. The average molecular weight is 323 g/mol. The van der Waals surface area contributed by atoms with Gasteiger partial charge in [0.05, 0.1) is 0 Å². The van der Waals surface area contributed by atoms with Crippen LogP contribution in [0.15, 0.2) is 36.4 Å². The molecule has 0 amide bonds. The van der Waals surface area contributed by atoms with Crippen LogP contribution >= 0.6 is 0 Å². The first-order valence-electron chi connectivity index (χ1n) is 3.82. The number of carboxylic acids is 2. The van der Waals surface area contributed by atoms with Crippen LogP contribution in [0.2, 0.25) is 0 Å². The topological polar surface area (TPSA) is 80.3 Å². The fourth-order valence-electron chi connectivity index (χ4n) is 0.385. The molecule has 0 spiro atoms. The van der Waals surface area contributed by atoms with E-state index in [4.69, 9.17) is 19.8 Å². The van der Waals surface area contributed by atoms with E-state index in [2.05, 4.69) is 0 Å². The Morgan fingerprint density at radius 2 is 0.800 bits per heavy atom. The lowest BCUT2D eigenvalue weighted by Gasteiger charge is -1.77. The van der Waals surface area contributed by atoms with Crippen LogP contribution in [0.5, 0.6) is 0 Å². The van der Waals surface area contributed by atoms with E-state index in [1.54, 1.807) is 0 Å². The molecule has 0 bridgehead atoms. The molecule has 0 heterocycles. The quantitative estimate of drug-likeness (QED) is 0.459. The molecular formula is C10H12IO4. The Labute approximate surface area is 106 Å². The van der Waals surface area contributed by atoms with Gasteiger partial charge in [0.25, 0.3) is 0 Å². The number of hydrogen-bond acceptors (Lipinski definition) is 4. The minimum atomic E-state index is -1.08. The zero-order valence-corrected chi connectivity index (χ0v) is 10.6. The number of halogens is 1. The molecule has 0 aliphatic rings. The third-order valence-corrected chi connectivity index (χ3v) is 0.667. The third kappa shape index (κ3) is 63.9. The summed E-state index contributed by atoms with van der Waals surface area (Å²) in [5.41, 5.74) is 0. The molecule has 83 valence electrons. The Morgan fingerprint density at radius 3 is 0.867 bits per heavy atom. The molecule has 5 heteroatoms. The van der Waals surface area contributed by atoms with Gasteiger partial charge in [-0.3, -0.25) is 0 Å². The van der Waals surface area contributed by atoms with E-state index >= 15 is 0 Å². The largest absolute Gasteiger partial charge is 2.00 e. The molecule has 1 rings (SSSR count). The molecule has 15 heavy (non-hydrogen) atoms. The summed E-state index contributed by atoms with van der Waals surface area (Å²) in [4.78, 5) is 17.8. The van der Waals surface area contributed by atoms with Crippen molar-refractivity contribution in [3.05, 3.63) is 36.4 Å². The van der Waals surface area contributed by atoms with Gasteiger partial charge in [0.2, 0.25) is 0 Å². The highest BCUT2D eigenvalue weighted by atomic mass is 127. The van der Waals surface area contributed by atoms with E-state index in [1.807, 2.05) is 36.4 Å². The average Bonchev–Trinajstić information content (AvgIpc) is 2.05. The maximum absolute atomic E-state index is 8.89. The minimum Gasteiger partial charge on any atom is -0.550 e. The third-order valence-electron chi connectivity index (χ3n) is 0.667. The summed E-state index contributed by atoms with van der Waals surface area (Å²) < 4.78 is 0. The van der Waals surface area contributed by atoms with Crippen LogP contribution in [-0.2, 0) is 9.59 Å². The van der Waals surface area contributed by atoms with Gasteiger partial charge in [0.15, 0.2) is 0 Å². The molecule has 0 fully saturated rings. The Balaban J connectivity index is -0.000000145. The smallest absolute Gasteiger partial charge is 0.550 e. The second kappa shape index (κ2) is 15.4. The van der Waals surface area contributed by atoms with Crippen LogP contribution < -0.4 is 34.2 Å². The van der Waals surface area contributed by atoms with Crippen LogP contribution in [0.4, 0.5) is 0 Å². The summed E-state index contributed by atoms with van der Waals surface area (Å²) in [5.74, 6) is -2.17. The SMILES string of the molecule is CC(=O)[O-].CC(=O)[O-].[I+2].c1ccccc1. The highest BCUT2D eigenvalue weighted by molar-refractivity contribution is 5.60. The number of carbonyl (C=O) groups is 2. The zero-order valence-electron chi connectivity index (χ0n) is 8.48. The summed E-state index contributed by atoms with van der Waals surface area (Å²) in [6.45, 7) is 1.94. The highest BCUT2D eigenvalue weighted by Gasteiger charge is 2.00. The summed E-state index contributed by atoms with van der Waals surface area (Å²) in [6.07, 6.45) is 0. The second-order valence-corrected chi connectivity index (χ2v) is 2.14. The molecule has 0 aromatic heterocycles. The highest BCUT2D eigenvalue weighted by Crippen LogP contribution is 1.79. The van der Waals surface area contributed by atoms with Gasteiger partial charge in [0, 0.05) is 11.9 Å². The van der Waals surface area contributed by atoms with Gasteiger partial charge in [-0.15, -0.1) is 0 Å². The Hall–Kier alpha value is -1.11. The molecule has 0 atom stereocenters. The lowest BCUT2D eigenvalue weighted by atomic mass is 10.4. The van der Waals surface area contributed by atoms with Crippen molar-refractivity contribution in [3.63, 3.8) is 0 Å². The zero-order chi connectivity index (χ0) is 11.4. The van der Waals surface area contributed by atoms with E-state index in [9.17, 15) is 0 Å². The fraction of sp³-hybridized carbons (Fsp3) is 0.200. The normalized spacial score (nSPS) is 6.53. The molecule has 3 radical (unpaired) electrons. The van der Waals surface area contributed by atoms with Gasteiger partial charge in [-0.2, -0.15) is 0 Å². The number of carboxylic acid groups (broad SMARTS) is 2. The van der Waals surface area contributed by atoms with Crippen molar-refractivity contribution in [3.8, 4) is 0 Å². The van der Waals surface area contributed by atoms with E-state index in [1.165, 1.54) is 0 Å². The first kappa shape index (κ1) is 19.5. The number of aliphatic carboxylic acids is 2. The van der Waals surface area contributed by atoms with Crippen LogP contribution in [0.3, 0.4) is 0 Å². The first-order chi connectivity index (χ1) is 6.46. The van der Waals surface area contributed by atoms with Crippen LogP contribution in [-0.4, -0.2) is 11.9 Å². The Bertz CT molecular complexity index is 202. The maximum Gasteiger partial charge on any atom is 2.00 e. The summed E-state index contributed by atoms with van der Waals surface area (Å²) >= 11 is 0. The van der Waals surface area contributed by atoms with Gasteiger partial charge >= 0.3 is 24.0 Å². The van der Waals surface area contributed by atoms with Crippen LogP contribution in [0, 0.1) is 0 Å². The van der Waals surface area contributed by atoms with Crippen molar-refractivity contribution in [1.29, 1.82) is 0 Å². The predicted molar refractivity (Wildman–Crippen MR) is 47.8 cm³/mol. The van der Waals surface area contributed by atoms with Crippen molar-refractivity contribution in [2.45, 2.75) is 13.8 Å². The van der Waals surface area contributed by atoms with Crippen molar-refractivity contribution in [1.82, 2.24) is 0 Å². The summed E-state index contributed by atoms with van der Waals surface area (Å²) in [7, 11) is 0. The van der Waals surface area contributed by atoms with E-state index in [-0.39, 0.29) is 24.0 Å². The lowest BCUT2D eigenvalue weighted by Crippen LogP contribution is -3.00. The molecule has 0 saturated carbocycles. The molecule has 0 unspecified atom stereocenters. The van der Waals surface area contributed by atoms with Crippen molar-refractivity contribution in [2.24, 2.45) is 0 Å². The van der Waals surface area contributed by atoms with Crippen molar-refractivity contribution < 1.29 is 43.8 Å². The van der Waals surface area contributed by atoms with Gasteiger partial charge in [-0.25, -0.2) is 0 Å². The molecule has 1 aromatic rings. The Morgan fingerprint density at radius 1 is 0.733 bits per heavy atom. The fourth-order valence-corrected chi connectivity index (χ4v) is 0.385. The van der Waals surface area contributed by atoms with Crippen molar-refractivity contribution in [2.75, 3.05) is 0 Å². The molecule has 0 aliphatic heterocycles. The van der Waals surface area contributed by atoms with Gasteiger partial charge in [-0.1, -0.05) is 36.4 Å². The number of carbonyl (C=O) groups excluding carboxylic acids is 2. The van der Waals surface area contributed by atoms with Crippen LogP contribution in [0.1, 0.15) is 13.8 Å². The molecule has 0 saturated heterocycles. The van der Waals surface area contributed by atoms with Gasteiger partial charge in [0.1, 0.15) is 0 Å². The monoisotopic (exact) mass is 323 g/mol. The number of rotatable bonds is 0. The van der Waals surface area contributed by atoms with E-state index < -0.39 is 11.9 Å². The minimum absolute atomic E-state index is 0. The van der Waals surface area contributed by atoms with Gasteiger partial charge < -0.3 is 19.8 Å². The number of hydrogen-bond donors (Lipinski definition) is 0. The van der Waals surface area contributed by atoms with E-state index in [0.29, 0.717) is 0 Å². The van der Waals surface area contributed by atoms with Crippen LogP contribution in [0.25, 0.3) is 0 Å². The first-order valence-corrected chi connectivity index (χ1v) is 3.82. The van der Waals surface area contributed by atoms with E-state index in [0.717, 1.165) is 13.8 Å². The summed E-state index contributed by atoms with van der Waals surface area (Å²) in [6, 6.07) is 12.0. The molecule has 0 N–H and O–H groups in total. The summed E-state index contributed by atoms with van der Waals surface area (Å²) in [5, 5.41) is 17.8. The second-order valence-electron chi connectivity index (χ2n) is 2.14. The van der Waals surface area contributed by atoms with Crippen molar-refractivity contribution >= 4 is 11.9 Å².